The number of benzene rings is 1. The number of imidazole rings is 1. The Morgan fingerprint density at radius 1 is 0.947 bits per heavy atom. The second kappa shape index (κ2) is 5.67. The van der Waals surface area contributed by atoms with Crippen molar-refractivity contribution < 1.29 is 0 Å². The molecule has 96 valence electrons. The van der Waals surface area contributed by atoms with E-state index in [0.29, 0.717) is 0 Å². The summed E-state index contributed by atoms with van der Waals surface area (Å²) in [6.45, 7) is 2.19. The Hall–Kier alpha value is -2.13. The van der Waals surface area contributed by atoms with Crippen LogP contribution in [0.15, 0.2) is 61.1 Å². The van der Waals surface area contributed by atoms with Gasteiger partial charge >= 0.3 is 0 Å². The minimum atomic E-state index is 0.998. The van der Waals surface area contributed by atoms with Crippen LogP contribution in [0.5, 0.6) is 0 Å². The van der Waals surface area contributed by atoms with Crippen LogP contribution in [-0.4, -0.2) is 15.9 Å². The Bertz CT molecular complexity index is 602. The van der Waals surface area contributed by atoms with Gasteiger partial charge in [0.15, 0.2) is 0 Å². The van der Waals surface area contributed by atoms with Crippen molar-refractivity contribution in [2.45, 2.75) is 13.0 Å². The zero-order chi connectivity index (χ0) is 12.9. The third-order valence-electron chi connectivity index (χ3n) is 3.31. The normalized spacial score (nSPS) is 13.5. The number of hydrogen-bond donors (Lipinski definition) is 1. The van der Waals surface area contributed by atoms with Crippen LogP contribution in [0.1, 0.15) is 11.1 Å². The molecule has 0 radical (unpaired) electrons. The first-order chi connectivity index (χ1) is 9.43. The zero-order valence-electron chi connectivity index (χ0n) is 10.8. The number of aromatic nitrogens is 2. The summed E-state index contributed by atoms with van der Waals surface area (Å²) in [5.41, 5.74) is 3.98. The predicted molar refractivity (Wildman–Crippen MR) is 77.0 cm³/mol. The monoisotopic (exact) mass is 251 g/mol. The molecule has 0 saturated heterocycles. The molecule has 1 aromatic carbocycles. The fourth-order valence-corrected chi connectivity index (χ4v) is 2.28. The van der Waals surface area contributed by atoms with Gasteiger partial charge in [0.2, 0.25) is 0 Å². The van der Waals surface area contributed by atoms with Gasteiger partial charge in [-0.25, -0.2) is 4.98 Å². The maximum absolute atomic E-state index is 4.08. The molecule has 0 unspecified atom stereocenters. The third-order valence-corrected chi connectivity index (χ3v) is 3.31. The van der Waals surface area contributed by atoms with Gasteiger partial charge in [0, 0.05) is 25.1 Å². The molecular formula is C16H17N3. The van der Waals surface area contributed by atoms with Crippen molar-refractivity contribution in [2.75, 3.05) is 6.54 Å². The molecule has 0 saturated carbocycles. The molecule has 19 heavy (non-hydrogen) atoms. The standard InChI is InChI=1S/C9H11N.C7H6N2/c1-2-4-9-7-10-6-5-8(9)3-1;1-2-5-9-6-4-8-7(9)3-1/h1-4,10H,5-7H2;1-6H. The molecule has 4 rings (SSSR count). The molecule has 3 heteroatoms. The van der Waals surface area contributed by atoms with E-state index in [1.165, 1.54) is 17.5 Å². The van der Waals surface area contributed by atoms with Gasteiger partial charge in [0.1, 0.15) is 5.65 Å². The van der Waals surface area contributed by atoms with Crippen LogP contribution in [-0.2, 0) is 13.0 Å². The van der Waals surface area contributed by atoms with Crippen molar-refractivity contribution in [2.24, 2.45) is 0 Å². The highest BCUT2D eigenvalue weighted by Crippen LogP contribution is 2.11. The highest BCUT2D eigenvalue weighted by Gasteiger charge is 2.05. The van der Waals surface area contributed by atoms with Crippen LogP contribution < -0.4 is 5.32 Å². The third kappa shape index (κ3) is 2.83. The number of hydrogen-bond acceptors (Lipinski definition) is 2. The summed E-state index contributed by atoms with van der Waals surface area (Å²) in [5, 5.41) is 3.34. The first-order valence-electron chi connectivity index (χ1n) is 6.59. The van der Waals surface area contributed by atoms with E-state index in [1.807, 2.05) is 35.0 Å². The summed E-state index contributed by atoms with van der Waals surface area (Å²) in [5.74, 6) is 0. The van der Waals surface area contributed by atoms with Gasteiger partial charge in [-0.1, -0.05) is 30.3 Å². The molecule has 1 aliphatic rings. The first-order valence-corrected chi connectivity index (χ1v) is 6.59. The van der Waals surface area contributed by atoms with Crippen molar-refractivity contribution in [3.63, 3.8) is 0 Å². The minimum absolute atomic E-state index is 0.998. The van der Waals surface area contributed by atoms with Crippen molar-refractivity contribution in [3.05, 3.63) is 72.2 Å². The van der Waals surface area contributed by atoms with Crippen LogP contribution in [0, 0.1) is 0 Å². The maximum atomic E-state index is 4.08. The van der Waals surface area contributed by atoms with Crippen LogP contribution in [0.2, 0.25) is 0 Å². The average molecular weight is 251 g/mol. The molecule has 2 aromatic heterocycles. The summed E-state index contributed by atoms with van der Waals surface area (Å²) in [4.78, 5) is 4.08. The highest BCUT2D eigenvalue weighted by atomic mass is 15.0. The smallest absolute Gasteiger partial charge is 0.136 e. The van der Waals surface area contributed by atoms with Crippen LogP contribution in [0.25, 0.3) is 5.65 Å². The van der Waals surface area contributed by atoms with Crippen LogP contribution in [0.4, 0.5) is 0 Å². The SMILES string of the molecule is c1ccc2c(c1)CCNC2.c1ccn2ccnc2c1. The summed E-state index contributed by atoms with van der Waals surface area (Å²) in [6.07, 6.45) is 6.88. The highest BCUT2D eigenvalue weighted by molar-refractivity contribution is 5.36. The predicted octanol–water partition coefficient (Wildman–Crippen LogP) is 2.67. The Morgan fingerprint density at radius 3 is 2.63 bits per heavy atom. The fraction of sp³-hybridized carbons (Fsp3) is 0.188. The minimum Gasteiger partial charge on any atom is -0.312 e. The fourth-order valence-electron chi connectivity index (χ4n) is 2.28. The van der Waals surface area contributed by atoms with E-state index in [2.05, 4.69) is 34.6 Å². The molecule has 3 aromatic rings. The topological polar surface area (TPSA) is 29.3 Å². The van der Waals surface area contributed by atoms with Crippen LogP contribution in [0.3, 0.4) is 0 Å². The largest absolute Gasteiger partial charge is 0.312 e. The second-order valence-corrected chi connectivity index (χ2v) is 4.59. The molecule has 1 aliphatic heterocycles. The molecule has 0 fully saturated rings. The summed E-state index contributed by atoms with van der Waals surface area (Å²) < 4.78 is 1.97. The van der Waals surface area contributed by atoms with E-state index in [9.17, 15) is 0 Å². The van der Waals surface area contributed by atoms with Gasteiger partial charge in [0.25, 0.3) is 0 Å². The van der Waals surface area contributed by atoms with Gasteiger partial charge in [-0.2, -0.15) is 0 Å². The van der Waals surface area contributed by atoms with E-state index in [4.69, 9.17) is 0 Å². The van der Waals surface area contributed by atoms with Gasteiger partial charge in [-0.05, 0) is 36.2 Å². The number of fused-ring (bicyclic) bond motifs is 2. The van der Waals surface area contributed by atoms with E-state index >= 15 is 0 Å². The molecule has 0 aliphatic carbocycles. The van der Waals surface area contributed by atoms with Gasteiger partial charge < -0.3 is 9.72 Å². The molecule has 3 nitrogen and oxygen atoms in total. The Balaban J connectivity index is 0.000000117. The van der Waals surface area contributed by atoms with E-state index < -0.39 is 0 Å². The molecule has 1 N–H and O–H groups in total. The number of pyridine rings is 1. The van der Waals surface area contributed by atoms with Gasteiger partial charge in [0.05, 0.1) is 0 Å². The van der Waals surface area contributed by atoms with Gasteiger partial charge in [-0.3, -0.25) is 0 Å². The molecule has 0 bridgehead atoms. The van der Waals surface area contributed by atoms with Crippen molar-refractivity contribution >= 4 is 5.65 Å². The molecule has 0 amide bonds. The van der Waals surface area contributed by atoms with E-state index in [1.54, 1.807) is 6.20 Å². The van der Waals surface area contributed by atoms with Crippen molar-refractivity contribution in [3.8, 4) is 0 Å². The maximum Gasteiger partial charge on any atom is 0.136 e. The summed E-state index contributed by atoms with van der Waals surface area (Å²) >= 11 is 0. The summed E-state index contributed by atoms with van der Waals surface area (Å²) in [6, 6.07) is 14.6. The lowest BCUT2D eigenvalue weighted by molar-refractivity contribution is 0.644. The van der Waals surface area contributed by atoms with E-state index in [-0.39, 0.29) is 0 Å². The molecule has 0 atom stereocenters. The number of nitrogens with one attached hydrogen (secondary N) is 1. The first kappa shape index (κ1) is 11.9. The van der Waals surface area contributed by atoms with Crippen molar-refractivity contribution in [1.29, 1.82) is 0 Å². The summed E-state index contributed by atoms with van der Waals surface area (Å²) in [7, 11) is 0. The molecular weight excluding hydrogens is 234 g/mol. The van der Waals surface area contributed by atoms with Crippen LogP contribution >= 0.6 is 0 Å². The quantitative estimate of drug-likeness (QED) is 0.665. The zero-order valence-corrected chi connectivity index (χ0v) is 10.8. The average Bonchev–Trinajstić information content (AvgIpc) is 2.96. The molecule has 0 spiro atoms. The van der Waals surface area contributed by atoms with E-state index in [0.717, 1.165) is 18.7 Å². The number of rotatable bonds is 0. The Kier molecular flexibility index (Phi) is 3.56. The second-order valence-electron chi connectivity index (χ2n) is 4.59. The van der Waals surface area contributed by atoms with Gasteiger partial charge in [-0.15, -0.1) is 0 Å². The Labute approximate surface area is 112 Å². The molecule has 3 heterocycles. The Morgan fingerprint density at radius 2 is 1.79 bits per heavy atom. The number of nitrogens with zero attached hydrogens (tertiary/aromatic N) is 2. The lowest BCUT2D eigenvalue weighted by atomic mass is 10.0. The lowest BCUT2D eigenvalue weighted by Crippen LogP contribution is -2.23. The van der Waals surface area contributed by atoms with Crippen molar-refractivity contribution in [1.82, 2.24) is 14.7 Å². The lowest BCUT2D eigenvalue weighted by Gasteiger charge is -2.15.